The van der Waals surface area contributed by atoms with Crippen LogP contribution in [0.4, 0.5) is 0 Å². The van der Waals surface area contributed by atoms with E-state index >= 15 is 0 Å². The van der Waals surface area contributed by atoms with Crippen molar-refractivity contribution in [3.8, 4) is 17.2 Å². The van der Waals surface area contributed by atoms with Crippen molar-refractivity contribution in [2.75, 3.05) is 0 Å². The maximum Gasteiger partial charge on any atom is 0.383 e. The number of hydrogen-bond acceptors (Lipinski definition) is 8. The minimum Gasteiger partial charge on any atom is -0.423 e. The number of benzene rings is 1. The van der Waals surface area contributed by atoms with E-state index in [0.29, 0.717) is 0 Å². The molecule has 120 valence electrons. The minimum atomic E-state index is -1.05. The fourth-order valence-electron chi connectivity index (χ4n) is 1.87. The monoisotopic (exact) mass is 320 g/mol. The summed E-state index contributed by atoms with van der Waals surface area (Å²) >= 11 is 0. The molecule has 0 saturated heterocycles. The van der Waals surface area contributed by atoms with Crippen LogP contribution in [0.5, 0.6) is 17.2 Å². The van der Waals surface area contributed by atoms with Gasteiger partial charge in [-0.05, 0) is 12.1 Å². The summed E-state index contributed by atoms with van der Waals surface area (Å²) in [5.74, 6) is -3.02. The summed E-state index contributed by atoms with van der Waals surface area (Å²) in [7, 11) is 0. The van der Waals surface area contributed by atoms with Crippen molar-refractivity contribution < 1.29 is 33.0 Å². The Bertz CT molecular complexity index is 862. The lowest BCUT2D eigenvalue weighted by Crippen LogP contribution is -2.15. The Labute approximate surface area is 129 Å². The van der Waals surface area contributed by atoms with Gasteiger partial charge in [0.25, 0.3) is 5.75 Å². The van der Waals surface area contributed by atoms with Gasteiger partial charge in [0.2, 0.25) is 0 Å². The van der Waals surface area contributed by atoms with Crippen LogP contribution in [-0.4, -0.2) is 17.9 Å². The lowest BCUT2D eigenvalue weighted by atomic mass is 10.2. The van der Waals surface area contributed by atoms with Gasteiger partial charge in [-0.3, -0.25) is 14.4 Å². The van der Waals surface area contributed by atoms with Gasteiger partial charge in [-0.2, -0.15) is 0 Å². The van der Waals surface area contributed by atoms with Crippen LogP contribution in [0.15, 0.2) is 27.4 Å². The lowest BCUT2D eigenvalue weighted by Gasteiger charge is -2.11. The van der Waals surface area contributed by atoms with Crippen LogP contribution in [-0.2, 0) is 14.4 Å². The molecule has 23 heavy (non-hydrogen) atoms. The quantitative estimate of drug-likeness (QED) is 0.476. The molecule has 0 amide bonds. The van der Waals surface area contributed by atoms with Gasteiger partial charge in [-0.25, -0.2) is 4.79 Å². The summed E-state index contributed by atoms with van der Waals surface area (Å²) < 4.78 is 19.7. The SMILES string of the molecule is CC(=O)Oc1c(OC(C)=O)c2cccc(OC(C)=O)c2oc1=O. The zero-order valence-corrected chi connectivity index (χ0v) is 12.5. The van der Waals surface area contributed by atoms with Crippen molar-refractivity contribution in [1.29, 1.82) is 0 Å². The van der Waals surface area contributed by atoms with Crippen LogP contribution in [0.1, 0.15) is 20.8 Å². The third-order valence-corrected chi connectivity index (χ3v) is 2.56. The molecule has 8 heteroatoms. The Balaban J connectivity index is 2.80. The number of carbonyl (C=O) groups is 3. The maximum atomic E-state index is 12.0. The van der Waals surface area contributed by atoms with Gasteiger partial charge in [0.15, 0.2) is 17.1 Å². The van der Waals surface area contributed by atoms with E-state index in [1.165, 1.54) is 25.1 Å². The molecular weight excluding hydrogens is 308 g/mol. The Morgan fingerprint density at radius 1 is 0.870 bits per heavy atom. The van der Waals surface area contributed by atoms with E-state index in [2.05, 4.69) is 0 Å². The van der Waals surface area contributed by atoms with E-state index in [9.17, 15) is 19.2 Å². The molecule has 2 rings (SSSR count). The molecule has 0 unspecified atom stereocenters. The molecule has 0 aliphatic heterocycles. The van der Waals surface area contributed by atoms with Crippen molar-refractivity contribution in [2.45, 2.75) is 20.8 Å². The second-order valence-electron chi connectivity index (χ2n) is 4.46. The number of esters is 3. The van der Waals surface area contributed by atoms with Gasteiger partial charge >= 0.3 is 23.5 Å². The second-order valence-corrected chi connectivity index (χ2v) is 4.46. The van der Waals surface area contributed by atoms with Crippen LogP contribution in [0.3, 0.4) is 0 Å². The smallest absolute Gasteiger partial charge is 0.383 e. The molecule has 0 spiro atoms. The first kappa shape index (κ1) is 16.2. The fraction of sp³-hybridized carbons (Fsp3) is 0.200. The molecule has 1 heterocycles. The molecule has 8 nitrogen and oxygen atoms in total. The van der Waals surface area contributed by atoms with E-state index in [1.54, 1.807) is 0 Å². The van der Waals surface area contributed by atoms with Crippen LogP contribution < -0.4 is 19.8 Å². The fourth-order valence-corrected chi connectivity index (χ4v) is 1.87. The molecule has 0 N–H and O–H groups in total. The molecule has 1 aromatic carbocycles. The van der Waals surface area contributed by atoms with Gasteiger partial charge in [-0.15, -0.1) is 0 Å². The topological polar surface area (TPSA) is 109 Å². The first-order chi connectivity index (χ1) is 10.8. The normalized spacial score (nSPS) is 10.2. The van der Waals surface area contributed by atoms with Crippen LogP contribution >= 0.6 is 0 Å². The third-order valence-electron chi connectivity index (χ3n) is 2.56. The van der Waals surface area contributed by atoms with E-state index in [4.69, 9.17) is 18.6 Å². The molecule has 0 atom stereocenters. The molecular formula is C15H12O8. The van der Waals surface area contributed by atoms with Gasteiger partial charge in [-0.1, -0.05) is 6.07 Å². The molecule has 1 aromatic heterocycles. The van der Waals surface area contributed by atoms with Crippen LogP contribution in [0.2, 0.25) is 0 Å². The highest BCUT2D eigenvalue weighted by Gasteiger charge is 2.23. The van der Waals surface area contributed by atoms with E-state index in [-0.39, 0.29) is 22.5 Å². The average molecular weight is 320 g/mol. The number of ether oxygens (including phenoxy) is 3. The molecule has 0 aliphatic carbocycles. The molecule has 0 saturated carbocycles. The standard InChI is InChI=1S/C15H12O8/c1-7(16)20-11-6-4-5-10-12(11)23-15(19)14(22-9(3)18)13(10)21-8(2)17/h4-6H,1-3H3. The highest BCUT2D eigenvalue weighted by Crippen LogP contribution is 2.37. The summed E-state index contributed by atoms with van der Waals surface area (Å²) in [6.07, 6.45) is 0. The van der Waals surface area contributed by atoms with Gasteiger partial charge in [0, 0.05) is 20.8 Å². The summed E-state index contributed by atoms with van der Waals surface area (Å²) in [6.45, 7) is 3.38. The van der Waals surface area contributed by atoms with E-state index < -0.39 is 29.3 Å². The minimum absolute atomic E-state index is 0.0325. The third kappa shape index (κ3) is 3.54. The predicted octanol–water partition coefficient (Wildman–Crippen LogP) is 1.57. The molecule has 0 radical (unpaired) electrons. The van der Waals surface area contributed by atoms with Crippen molar-refractivity contribution in [3.05, 3.63) is 28.6 Å². The Kier molecular flexibility index (Phi) is 4.44. The van der Waals surface area contributed by atoms with Crippen LogP contribution in [0.25, 0.3) is 11.0 Å². The van der Waals surface area contributed by atoms with Crippen LogP contribution in [0, 0.1) is 0 Å². The zero-order valence-electron chi connectivity index (χ0n) is 12.5. The number of para-hydroxylation sites is 1. The molecule has 0 bridgehead atoms. The Morgan fingerprint density at radius 3 is 2.00 bits per heavy atom. The van der Waals surface area contributed by atoms with Crippen molar-refractivity contribution in [3.63, 3.8) is 0 Å². The van der Waals surface area contributed by atoms with Crippen molar-refractivity contribution in [2.24, 2.45) is 0 Å². The van der Waals surface area contributed by atoms with E-state index in [0.717, 1.165) is 13.8 Å². The largest absolute Gasteiger partial charge is 0.423 e. The first-order valence-electron chi connectivity index (χ1n) is 6.44. The predicted molar refractivity (Wildman–Crippen MR) is 76.4 cm³/mol. The maximum absolute atomic E-state index is 12.0. The van der Waals surface area contributed by atoms with E-state index in [1.807, 2.05) is 0 Å². The molecule has 0 fully saturated rings. The molecule has 2 aromatic rings. The van der Waals surface area contributed by atoms with Gasteiger partial charge < -0.3 is 18.6 Å². The summed E-state index contributed by atoms with van der Waals surface area (Å²) in [5, 5.41) is 0.134. The second kappa shape index (κ2) is 6.30. The number of rotatable bonds is 3. The highest BCUT2D eigenvalue weighted by atomic mass is 16.6. The molecule has 0 aliphatic rings. The van der Waals surface area contributed by atoms with Gasteiger partial charge in [0.1, 0.15) is 0 Å². The summed E-state index contributed by atoms with van der Waals surface area (Å²) in [6, 6.07) is 4.34. The number of carbonyl (C=O) groups excluding carboxylic acids is 3. The highest BCUT2D eigenvalue weighted by molar-refractivity contribution is 5.93. The van der Waals surface area contributed by atoms with Crippen molar-refractivity contribution >= 4 is 28.9 Å². The zero-order chi connectivity index (χ0) is 17.1. The average Bonchev–Trinajstić information content (AvgIpc) is 2.42. The lowest BCUT2D eigenvalue weighted by molar-refractivity contribution is -0.134. The van der Waals surface area contributed by atoms with Crippen molar-refractivity contribution in [1.82, 2.24) is 0 Å². The summed E-state index contributed by atoms with van der Waals surface area (Å²) in [5.41, 5.74) is -1.16. The Morgan fingerprint density at radius 2 is 1.43 bits per heavy atom. The Hall–Kier alpha value is -3.16. The number of fused-ring (bicyclic) bond motifs is 1. The number of hydrogen-bond donors (Lipinski definition) is 0. The first-order valence-corrected chi connectivity index (χ1v) is 6.44. The van der Waals surface area contributed by atoms with Gasteiger partial charge in [0.05, 0.1) is 5.39 Å². The summed E-state index contributed by atoms with van der Waals surface area (Å²) in [4.78, 5) is 45.6.